The highest BCUT2D eigenvalue weighted by Crippen LogP contribution is 2.37. The van der Waals surface area contributed by atoms with Crippen LogP contribution in [0.25, 0.3) is 0 Å². The second-order valence-electron chi connectivity index (χ2n) is 4.32. The number of fused-ring (bicyclic) bond motifs is 1. The first-order chi connectivity index (χ1) is 7.70. The lowest BCUT2D eigenvalue weighted by Crippen LogP contribution is -2.25. The monoisotopic (exact) mass is 284 g/mol. The van der Waals surface area contributed by atoms with E-state index in [1.54, 1.807) is 0 Å². The molecule has 16 heavy (non-hydrogen) atoms. The SMILES string of the molecule is CCCCC1C[C@@H](O)c2cc(Br)ccc2O1. The van der Waals surface area contributed by atoms with Crippen LogP contribution < -0.4 is 4.74 Å². The number of unbranched alkanes of at least 4 members (excludes halogenated alkanes) is 1. The van der Waals surface area contributed by atoms with Crippen molar-refractivity contribution in [1.29, 1.82) is 0 Å². The highest BCUT2D eigenvalue weighted by atomic mass is 79.9. The number of hydrogen-bond acceptors (Lipinski definition) is 2. The van der Waals surface area contributed by atoms with Crippen molar-refractivity contribution in [2.24, 2.45) is 0 Å². The molecule has 1 aliphatic heterocycles. The Morgan fingerprint density at radius 2 is 2.31 bits per heavy atom. The van der Waals surface area contributed by atoms with Crippen molar-refractivity contribution >= 4 is 15.9 Å². The van der Waals surface area contributed by atoms with Gasteiger partial charge < -0.3 is 9.84 Å². The van der Waals surface area contributed by atoms with Gasteiger partial charge in [0.05, 0.1) is 6.10 Å². The maximum absolute atomic E-state index is 10.1. The van der Waals surface area contributed by atoms with Gasteiger partial charge in [0.25, 0.3) is 0 Å². The number of halogens is 1. The second kappa shape index (κ2) is 5.19. The fraction of sp³-hybridized carbons (Fsp3) is 0.538. The first-order valence-electron chi connectivity index (χ1n) is 5.85. The van der Waals surface area contributed by atoms with E-state index < -0.39 is 0 Å². The molecule has 88 valence electrons. The van der Waals surface area contributed by atoms with E-state index in [9.17, 15) is 5.11 Å². The van der Waals surface area contributed by atoms with Crippen LogP contribution in [-0.2, 0) is 0 Å². The molecule has 1 aromatic carbocycles. The summed E-state index contributed by atoms with van der Waals surface area (Å²) in [6.45, 7) is 2.17. The fourth-order valence-corrected chi connectivity index (χ4v) is 2.48. The third-order valence-corrected chi connectivity index (χ3v) is 3.48. The van der Waals surface area contributed by atoms with Gasteiger partial charge in [-0.25, -0.2) is 0 Å². The quantitative estimate of drug-likeness (QED) is 0.914. The summed E-state index contributed by atoms with van der Waals surface area (Å²) in [5, 5.41) is 10.1. The average Bonchev–Trinajstić information content (AvgIpc) is 2.27. The van der Waals surface area contributed by atoms with Crippen molar-refractivity contribution in [3.05, 3.63) is 28.2 Å². The van der Waals surface area contributed by atoms with Gasteiger partial charge in [-0.05, 0) is 24.6 Å². The summed E-state index contributed by atoms with van der Waals surface area (Å²) in [7, 11) is 0. The molecule has 0 fully saturated rings. The Bertz CT molecular complexity index is 365. The average molecular weight is 285 g/mol. The van der Waals surface area contributed by atoms with Crippen LogP contribution in [0.1, 0.15) is 44.3 Å². The molecule has 1 aliphatic rings. The molecule has 0 saturated carbocycles. The van der Waals surface area contributed by atoms with E-state index in [1.807, 2.05) is 18.2 Å². The first kappa shape index (κ1) is 11.9. The number of hydrogen-bond donors (Lipinski definition) is 1. The number of ether oxygens (including phenoxy) is 1. The molecule has 0 saturated heterocycles. The summed E-state index contributed by atoms with van der Waals surface area (Å²) in [4.78, 5) is 0. The highest BCUT2D eigenvalue weighted by Gasteiger charge is 2.26. The van der Waals surface area contributed by atoms with Crippen LogP contribution in [0.15, 0.2) is 22.7 Å². The fourth-order valence-electron chi connectivity index (χ4n) is 2.10. The smallest absolute Gasteiger partial charge is 0.125 e. The summed E-state index contributed by atoms with van der Waals surface area (Å²) < 4.78 is 6.87. The zero-order chi connectivity index (χ0) is 11.5. The molecular weight excluding hydrogens is 268 g/mol. The zero-order valence-electron chi connectivity index (χ0n) is 9.45. The van der Waals surface area contributed by atoms with E-state index in [2.05, 4.69) is 22.9 Å². The molecule has 0 bridgehead atoms. The van der Waals surface area contributed by atoms with Crippen LogP contribution in [-0.4, -0.2) is 11.2 Å². The largest absolute Gasteiger partial charge is 0.490 e. The van der Waals surface area contributed by atoms with Crippen molar-refractivity contribution in [3.63, 3.8) is 0 Å². The minimum atomic E-state index is -0.386. The van der Waals surface area contributed by atoms with Gasteiger partial charge in [-0.15, -0.1) is 0 Å². The lowest BCUT2D eigenvalue weighted by molar-refractivity contribution is 0.0607. The molecule has 2 rings (SSSR count). The molecule has 0 radical (unpaired) electrons. The Hall–Kier alpha value is -0.540. The van der Waals surface area contributed by atoms with Gasteiger partial charge in [-0.3, -0.25) is 0 Å². The Balaban J connectivity index is 2.13. The van der Waals surface area contributed by atoms with Gasteiger partial charge in [-0.1, -0.05) is 35.7 Å². The Labute approximate surface area is 105 Å². The number of aliphatic hydroxyl groups is 1. The van der Waals surface area contributed by atoms with Gasteiger partial charge >= 0.3 is 0 Å². The maximum Gasteiger partial charge on any atom is 0.125 e. The predicted molar refractivity (Wildman–Crippen MR) is 67.7 cm³/mol. The van der Waals surface area contributed by atoms with Gasteiger partial charge in [0.2, 0.25) is 0 Å². The van der Waals surface area contributed by atoms with E-state index >= 15 is 0 Å². The number of benzene rings is 1. The zero-order valence-corrected chi connectivity index (χ0v) is 11.0. The molecule has 1 heterocycles. The van der Waals surface area contributed by atoms with Crippen molar-refractivity contribution in [3.8, 4) is 5.75 Å². The van der Waals surface area contributed by atoms with E-state index in [-0.39, 0.29) is 12.2 Å². The number of aliphatic hydroxyl groups excluding tert-OH is 1. The lowest BCUT2D eigenvalue weighted by Gasteiger charge is -2.29. The van der Waals surface area contributed by atoms with Crippen molar-refractivity contribution in [2.75, 3.05) is 0 Å². The van der Waals surface area contributed by atoms with Crippen LogP contribution in [0.5, 0.6) is 5.75 Å². The summed E-state index contributed by atoms with van der Waals surface area (Å²) in [6, 6.07) is 5.82. The minimum absolute atomic E-state index is 0.170. The van der Waals surface area contributed by atoms with E-state index in [4.69, 9.17) is 4.74 Å². The second-order valence-corrected chi connectivity index (χ2v) is 5.23. The summed E-state index contributed by atoms with van der Waals surface area (Å²) in [6.07, 6.45) is 3.85. The van der Waals surface area contributed by atoms with Crippen molar-refractivity contribution in [1.82, 2.24) is 0 Å². The summed E-state index contributed by atoms with van der Waals surface area (Å²) in [5.41, 5.74) is 0.905. The van der Waals surface area contributed by atoms with E-state index in [1.165, 1.54) is 6.42 Å². The topological polar surface area (TPSA) is 29.5 Å². The molecule has 0 spiro atoms. The third-order valence-electron chi connectivity index (χ3n) is 2.99. The minimum Gasteiger partial charge on any atom is -0.490 e. The normalized spacial score (nSPS) is 23.7. The summed E-state index contributed by atoms with van der Waals surface area (Å²) >= 11 is 3.41. The Morgan fingerprint density at radius 3 is 3.06 bits per heavy atom. The van der Waals surface area contributed by atoms with Crippen LogP contribution in [0.2, 0.25) is 0 Å². The molecule has 2 nitrogen and oxygen atoms in total. The lowest BCUT2D eigenvalue weighted by atomic mass is 9.96. The molecule has 3 heteroatoms. The Morgan fingerprint density at radius 1 is 1.50 bits per heavy atom. The molecule has 0 aromatic heterocycles. The van der Waals surface area contributed by atoms with Crippen LogP contribution >= 0.6 is 15.9 Å². The Kier molecular flexibility index (Phi) is 3.87. The standard InChI is InChI=1S/C13H17BrO2/c1-2-3-4-10-8-12(15)11-7-9(14)5-6-13(11)16-10/h5-7,10,12,15H,2-4,8H2,1H3/t10?,12-/m1/s1. The van der Waals surface area contributed by atoms with Crippen LogP contribution in [0, 0.1) is 0 Å². The maximum atomic E-state index is 10.1. The first-order valence-corrected chi connectivity index (χ1v) is 6.64. The van der Waals surface area contributed by atoms with Gasteiger partial charge in [0.1, 0.15) is 11.9 Å². The number of rotatable bonds is 3. The van der Waals surface area contributed by atoms with E-state index in [0.29, 0.717) is 6.42 Å². The van der Waals surface area contributed by atoms with E-state index in [0.717, 1.165) is 28.6 Å². The van der Waals surface area contributed by atoms with Crippen molar-refractivity contribution in [2.45, 2.75) is 44.8 Å². The van der Waals surface area contributed by atoms with Gasteiger partial charge in [0, 0.05) is 16.5 Å². The molecule has 1 aromatic rings. The van der Waals surface area contributed by atoms with Gasteiger partial charge in [0.15, 0.2) is 0 Å². The molecule has 1 N–H and O–H groups in total. The molecule has 1 unspecified atom stereocenters. The van der Waals surface area contributed by atoms with Crippen molar-refractivity contribution < 1.29 is 9.84 Å². The third kappa shape index (κ3) is 2.58. The molecule has 2 atom stereocenters. The molecule has 0 amide bonds. The predicted octanol–water partition coefficient (Wildman–Crippen LogP) is 3.82. The van der Waals surface area contributed by atoms with Crippen LogP contribution in [0.4, 0.5) is 0 Å². The molecular formula is C13H17BrO2. The summed E-state index contributed by atoms with van der Waals surface area (Å²) in [5.74, 6) is 0.836. The van der Waals surface area contributed by atoms with Gasteiger partial charge in [-0.2, -0.15) is 0 Å². The molecule has 0 aliphatic carbocycles. The highest BCUT2D eigenvalue weighted by molar-refractivity contribution is 9.10. The van der Waals surface area contributed by atoms with Crippen LogP contribution in [0.3, 0.4) is 0 Å².